The van der Waals surface area contributed by atoms with E-state index in [1.807, 2.05) is 32.0 Å². The minimum Gasteiger partial charge on any atom is -0.466 e. The molecule has 2 aliphatic rings. The molecular formula is C19H25N3O3. The van der Waals surface area contributed by atoms with Gasteiger partial charge in [0.25, 0.3) is 0 Å². The van der Waals surface area contributed by atoms with Crippen LogP contribution in [0.3, 0.4) is 0 Å². The number of esters is 1. The van der Waals surface area contributed by atoms with Gasteiger partial charge in [-0.25, -0.2) is 9.59 Å². The molecule has 134 valence electrons. The maximum atomic E-state index is 12.5. The lowest BCUT2D eigenvalue weighted by atomic mass is 9.91. The summed E-state index contributed by atoms with van der Waals surface area (Å²) < 4.78 is 5.03. The smallest absolute Gasteiger partial charge is 0.338 e. The summed E-state index contributed by atoms with van der Waals surface area (Å²) in [5.74, 6) is -0.410. The Balaban J connectivity index is 2.05. The Hall–Kier alpha value is -2.34. The van der Waals surface area contributed by atoms with E-state index < -0.39 is 12.0 Å². The second kappa shape index (κ2) is 7.27. The first kappa shape index (κ1) is 17.5. The molecule has 2 amide bonds. The van der Waals surface area contributed by atoms with Crippen molar-refractivity contribution < 1.29 is 14.3 Å². The molecule has 0 saturated carbocycles. The van der Waals surface area contributed by atoms with Crippen LogP contribution < -0.4 is 10.6 Å². The molecule has 1 aromatic carbocycles. The Kier molecular flexibility index (Phi) is 5.08. The molecule has 6 heteroatoms. The molecule has 25 heavy (non-hydrogen) atoms. The van der Waals surface area contributed by atoms with Crippen molar-refractivity contribution in [3.8, 4) is 0 Å². The van der Waals surface area contributed by atoms with Crippen LogP contribution >= 0.6 is 0 Å². The highest BCUT2D eigenvalue weighted by molar-refractivity contribution is 5.95. The fourth-order valence-electron chi connectivity index (χ4n) is 3.56. The van der Waals surface area contributed by atoms with Gasteiger partial charge in [0, 0.05) is 12.2 Å². The highest BCUT2D eigenvalue weighted by atomic mass is 16.5. The summed E-state index contributed by atoms with van der Waals surface area (Å²) in [4.78, 5) is 27.1. The van der Waals surface area contributed by atoms with E-state index in [1.54, 1.807) is 0 Å². The number of carbonyl (C=O) groups is 2. The van der Waals surface area contributed by atoms with E-state index >= 15 is 0 Å². The van der Waals surface area contributed by atoms with Crippen molar-refractivity contribution in [2.45, 2.75) is 32.7 Å². The van der Waals surface area contributed by atoms with Gasteiger partial charge in [-0.3, -0.25) is 4.90 Å². The number of nitrogens with zero attached hydrogens (tertiary/aromatic N) is 1. The third kappa shape index (κ3) is 3.69. The van der Waals surface area contributed by atoms with Gasteiger partial charge in [-0.2, -0.15) is 0 Å². The molecule has 0 aliphatic carbocycles. The summed E-state index contributed by atoms with van der Waals surface area (Å²) in [7, 11) is 1.37. The predicted octanol–water partition coefficient (Wildman–Crippen LogP) is 2.18. The Labute approximate surface area is 148 Å². The third-order valence-electron chi connectivity index (χ3n) is 4.89. The molecule has 0 spiro atoms. The van der Waals surface area contributed by atoms with E-state index in [0.717, 1.165) is 42.6 Å². The van der Waals surface area contributed by atoms with Gasteiger partial charge in [-0.15, -0.1) is 0 Å². The number of amides is 2. The van der Waals surface area contributed by atoms with Crippen LogP contribution in [0, 0.1) is 13.8 Å². The molecular weight excluding hydrogens is 318 g/mol. The number of ether oxygens (including phenoxy) is 1. The molecule has 1 saturated heterocycles. The summed E-state index contributed by atoms with van der Waals surface area (Å²) in [6.07, 6.45) is 2.29. The predicted molar refractivity (Wildman–Crippen MR) is 95.0 cm³/mol. The minimum absolute atomic E-state index is 0.284. The van der Waals surface area contributed by atoms with Crippen molar-refractivity contribution in [1.82, 2.24) is 15.5 Å². The second-order valence-electron chi connectivity index (χ2n) is 6.76. The van der Waals surface area contributed by atoms with E-state index in [1.165, 1.54) is 7.11 Å². The number of carbonyl (C=O) groups excluding carboxylic acids is 2. The van der Waals surface area contributed by atoms with Crippen molar-refractivity contribution >= 4 is 12.0 Å². The SMILES string of the molecule is COC(=O)C1=C(CN2CCCC2)NC(=O)NC1c1cc(C)ccc1C. The monoisotopic (exact) mass is 343 g/mol. The fraction of sp³-hybridized carbons (Fsp3) is 0.474. The first-order chi connectivity index (χ1) is 12.0. The van der Waals surface area contributed by atoms with Gasteiger partial charge in [-0.1, -0.05) is 23.8 Å². The van der Waals surface area contributed by atoms with Crippen molar-refractivity contribution in [3.05, 3.63) is 46.2 Å². The molecule has 0 radical (unpaired) electrons. The normalized spacial score (nSPS) is 21.1. The lowest BCUT2D eigenvalue weighted by Crippen LogP contribution is -2.48. The van der Waals surface area contributed by atoms with Crippen LogP contribution in [-0.2, 0) is 9.53 Å². The van der Waals surface area contributed by atoms with E-state index in [2.05, 4.69) is 15.5 Å². The number of aryl methyl sites for hydroxylation is 2. The molecule has 1 atom stereocenters. The van der Waals surface area contributed by atoms with Crippen molar-refractivity contribution in [2.75, 3.05) is 26.7 Å². The van der Waals surface area contributed by atoms with Crippen LogP contribution in [0.5, 0.6) is 0 Å². The average molecular weight is 343 g/mol. The zero-order valence-corrected chi connectivity index (χ0v) is 15.0. The Morgan fingerprint density at radius 3 is 2.68 bits per heavy atom. The van der Waals surface area contributed by atoms with Crippen LogP contribution in [0.1, 0.15) is 35.6 Å². The lowest BCUT2D eigenvalue weighted by molar-refractivity contribution is -0.136. The Morgan fingerprint density at radius 2 is 2.00 bits per heavy atom. The van der Waals surface area contributed by atoms with Crippen LogP contribution in [-0.4, -0.2) is 43.6 Å². The van der Waals surface area contributed by atoms with Gasteiger partial charge < -0.3 is 15.4 Å². The molecule has 0 bridgehead atoms. The van der Waals surface area contributed by atoms with Crippen LogP contribution in [0.25, 0.3) is 0 Å². The summed E-state index contributed by atoms with van der Waals surface area (Å²) >= 11 is 0. The number of nitrogens with one attached hydrogen (secondary N) is 2. The molecule has 1 unspecified atom stereocenters. The minimum atomic E-state index is -0.501. The molecule has 2 N–H and O–H groups in total. The maximum Gasteiger partial charge on any atom is 0.338 e. The Bertz CT molecular complexity index is 721. The largest absolute Gasteiger partial charge is 0.466 e. The molecule has 6 nitrogen and oxygen atoms in total. The summed E-state index contributed by atoms with van der Waals surface area (Å²) in [5, 5.41) is 5.72. The number of urea groups is 1. The fourth-order valence-corrected chi connectivity index (χ4v) is 3.56. The van der Waals surface area contributed by atoms with E-state index in [-0.39, 0.29) is 6.03 Å². The topological polar surface area (TPSA) is 70.7 Å². The molecule has 2 aliphatic heterocycles. The number of benzene rings is 1. The molecule has 3 rings (SSSR count). The summed E-state index contributed by atoms with van der Waals surface area (Å²) in [5.41, 5.74) is 4.17. The lowest BCUT2D eigenvalue weighted by Gasteiger charge is -2.31. The molecule has 1 aromatic rings. The summed E-state index contributed by atoms with van der Waals surface area (Å²) in [6, 6.07) is 5.26. The maximum absolute atomic E-state index is 12.5. The first-order valence-electron chi connectivity index (χ1n) is 8.68. The van der Waals surface area contributed by atoms with E-state index in [9.17, 15) is 9.59 Å². The van der Waals surface area contributed by atoms with Gasteiger partial charge in [0.15, 0.2) is 0 Å². The average Bonchev–Trinajstić information content (AvgIpc) is 3.09. The van der Waals surface area contributed by atoms with E-state index in [0.29, 0.717) is 17.8 Å². The van der Waals surface area contributed by atoms with Crippen molar-refractivity contribution in [3.63, 3.8) is 0 Å². The third-order valence-corrected chi connectivity index (χ3v) is 4.89. The zero-order chi connectivity index (χ0) is 18.0. The highest BCUT2D eigenvalue weighted by Gasteiger charge is 2.35. The van der Waals surface area contributed by atoms with Gasteiger partial charge in [0.2, 0.25) is 0 Å². The van der Waals surface area contributed by atoms with E-state index in [4.69, 9.17) is 4.74 Å². The highest BCUT2D eigenvalue weighted by Crippen LogP contribution is 2.31. The Morgan fingerprint density at radius 1 is 1.28 bits per heavy atom. The number of methoxy groups -OCH3 is 1. The van der Waals surface area contributed by atoms with Gasteiger partial charge in [0.1, 0.15) is 0 Å². The number of hydrogen-bond acceptors (Lipinski definition) is 4. The van der Waals surface area contributed by atoms with Crippen LogP contribution in [0.4, 0.5) is 4.79 Å². The molecule has 2 heterocycles. The van der Waals surface area contributed by atoms with Gasteiger partial charge >= 0.3 is 12.0 Å². The quantitative estimate of drug-likeness (QED) is 0.822. The second-order valence-corrected chi connectivity index (χ2v) is 6.76. The number of hydrogen-bond donors (Lipinski definition) is 2. The van der Waals surface area contributed by atoms with Crippen molar-refractivity contribution in [1.29, 1.82) is 0 Å². The standard InChI is InChI=1S/C19H25N3O3/c1-12-6-7-13(2)14(10-12)17-16(18(23)25-3)15(20-19(24)21-17)11-22-8-4-5-9-22/h6-7,10,17H,4-5,8-9,11H2,1-3H3,(H2,20,21,24). The zero-order valence-electron chi connectivity index (χ0n) is 15.0. The van der Waals surface area contributed by atoms with Crippen molar-refractivity contribution in [2.24, 2.45) is 0 Å². The van der Waals surface area contributed by atoms with Gasteiger partial charge in [0.05, 0.1) is 18.7 Å². The van der Waals surface area contributed by atoms with Crippen LogP contribution in [0.15, 0.2) is 29.5 Å². The first-order valence-corrected chi connectivity index (χ1v) is 8.68. The van der Waals surface area contributed by atoms with Crippen LogP contribution in [0.2, 0.25) is 0 Å². The number of likely N-dealkylation sites (tertiary alicyclic amines) is 1. The number of rotatable bonds is 4. The molecule has 0 aromatic heterocycles. The van der Waals surface area contributed by atoms with Gasteiger partial charge in [-0.05, 0) is 50.9 Å². The molecule has 1 fully saturated rings. The summed E-state index contributed by atoms with van der Waals surface area (Å²) in [6.45, 7) is 6.50.